The summed E-state index contributed by atoms with van der Waals surface area (Å²) in [5.74, 6) is -0.411. The molecule has 5 nitrogen and oxygen atoms in total. The van der Waals surface area contributed by atoms with Crippen molar-refractivity contribution in [3.05, 3.63) is 0 Å². The normalized spacial score (nSPS) is 12.3. The van der Waals surface area contributed by atoms with E-state index in [2.05, 4.69) is 6.92 Å². The first-order valence-electron chi connectivity index (χ1n) is 8.95. The highest BCUT2D eigenvalue weighted by molar-refractivity contribution is 5.80. The maximum absolute atomic E-state index is 12.7. The molecule has 1 unspecified atom stereocenters. The van der Waals surface area contributed by atoms with Gasteiger partial charge in [-0.2, -0.15) is 0 Å². The van der Waals surface area contributed by atoms with Crippen LogP contribution in [0.1, 0.15) is 59.8 Å². The second-order valence-electron chi connectivity index (χ2n) is 6.04. The third kappa shape index (κ3) is 8.94. The zero-order valence-corrected chi connectivity index (χ0v) is 15.6. The van der Waals surface area contributed by atoms with Gasteiger partial charge in [-0.1, -0.05) is 34.1 Å². The maximum Gasteiger partial charge on any atom is 0.310 e. The average Bonchev–Trinajstić information content (AvgIpc) is 2.56. The number of ether oxygens (including phenoxy) is 2. The molecule has 5 heteroatoms. The molecule has 1 amide bonds. The van der Waals surface area contributed by atoms with Gasteiger partial charge >= 0.3 is 5.97 Å². The lowest BCUT2D eigenvalue weighted by atomic mass is 10.0. The SMILES string of the molecule is CCCCOCCCN(CC(C)C(=O)OC)C(=O)C(CC)CC. The quantitative estimate of drug-likeness (QED) is 0.384. The van der Waals surface area contributed by atoms with E-state index in [9.17, 15) is 9.59 Å². The van der Waals surface area contributed by atoms with Crippen molar-refractivity contribution in [1.82, 2.24) is 4.90 Å². The molecule has 0 N–H and O–H groups in total. The summed E-state index contributed by atoms with van der Waals surface area (Å²) < 4.78 is 10.3. The number of hydrogen-bond acceptors (Lipinski definition) is 4. The Morgan fingerprint density at radius 2 is 1.65 bits per heavy atom. The van der Waals surface area contributed by atoms with Crippen molar-refractivity contribution in [1.29, 1.82) is 0 Å². The van der Waals surface area contributed by atoms with Crippen LogP contribution >= 0.6 is 0 Å². The minimum absolute atomic E-state index is 0.0286. The molecule has 0 aliphatic carbocycles. The fourth-order valence-electron chi connectivity index (χ4n) is 2.50. The van der Waals surface area contributed by atoms with Gasteiger partial charge in [0.05, 0.1) is 13.0 Å². The zero-order chi connectivity index (χ0) is 17.7. The van der Waals surface area contributed by atoms with Crippen molar-refractivity contribution >= 4 is 11.9 Å². The number of carbonyl (C=O) groups is 2. The van der Waals surface area contributed by atoms with Crippen molar-refractivity contribution in [2.45, 2.75) is 59.8 Å². The van der Waals surface area contributed by atoms with Gasteiger partial charge in [0.25, 0.3) is 0 Å². The van der Waals surface area contributed by atoms with E-state index in [-0.39, 0.29) is 23.7 Å². The van der Waals surface area contributed by atoms with Crippen LogP contribution in [0.2, 0.25) is 0 Å². The van der Waals surface area contributed by atoms with Crippen molar-refractivity contribution in [3.63, 3.8) is 0 Å². The Kier molecular flexibility index (Phi) is 12.7. The van der Waals surface area contributed by atoms with E-state index >= 15 is 0 Å². The molecule has 0 aliphatic rings. The first-order valence-corrected chi connectivity index (χ1v) is 8.95. The average molecular weight is 329 g/mol. The molecule has 0 aromatic carbocycles. The molecule has 0 fully saturated rings. The highest BCUT2D eigenvalue weighted by Gasteiger charge is 2.25. The van der Waals surface area contributed by atoms with E-state index in [4.69, 9.17) is 9.47 Å². The number of unbranched alkanes of at least 4 members (excludes halogenated alkanes) is 1. The minimum atomic E-state index is -0.306. The monoisotopic (exact) mass is 329 g/mol. The van der Waals surface area contributed by atoms with Gasteiger partial charge in [-0.25, -0.2) is 0 Å². The van der Waals surface area contributed by atoms with E-state index in [1.54, 1.807) is 6.92 Å². The van der Waals surface area contributed by atoms with Gasteiger partial charge in [0, 0.05) is 32.2 Å². The molecule has 0 heterocycles. The van der Waals surface area contributed by atoms with E-state index < -0.39 is 0 Å². The molecule has 0 aromatic rings. The van der Waals surface area contributed by atoms with Crippen molar-refractivity contribution < 1.29 is 19.1 Å². The zero-order valence-electron chi connectivity index (χ0n) is 15.6. The fourth-order valence-corrected chi connectivity index (χ4v) is 2.50. The molecule has 1 atom stereocenters. The number of carbonyl (C=O) groups excluding carboxylic acids is 2. The lowest BCUT2D eigenvalue weighted by Gasteiger charge is -2.28. The highest BCUT2D eigenvalue weighted by Crippen LogP contribution is 2.14. The van der Waals surface area contributed by atoms with Crippen LogP contribution in [0.15, 0.2) is 0 Å². The van der Waals surface area contributed by atoms with Crippen LogP contribution in [0.4, 0.5) is 0 Å². The van der Waals surface area contributed by atoms with Crippen LogP contribution in [-0.4, -0.2) is 50.2 Å². The van der Waals surface area contributed by atoms with Crippen molar-refractivity contribution in [3.8, 4) is 0 Å². The number of hydrogen-bond donors (Lipinski definition) is 0. The Morgan fingerprint density at radius 1 is 1.04 bits per heavy atom. The Labute approximate surface area is 141 Å². The van der Waals surface area contributed by atoms with Gasteiger partial charge < -0.3 is 14.4 Å². The van der Waals surface area contributed by atoms with Gasteiger partial charge in [-0.15, -0.1) is 0 Å². The van der Waals surface area contributed by atoms with Gasteiger partial charge in [0.2, 0.25) is 5.91 Å². The van der Waals surface area contributed by atoms with Crippen LogP contribution in [0.25, 0.3) is 0 Å². The standard InChI is InChI=1S/C18H35NO4/c1-6-9-12-23-13-10-11-19(14-15(4)18(21)22-5)17(20)16(7-2)8-3/h15-16H,6-14H2,1-5H3. The van der Waals surface area contributed by atoms with E-state index in [0.717, 1.165) is 38.7 Å². The van der Waals surface area contributed by atoms with Crippen molar-refractivity contribution in [2.75, 3.05) is 33.4 Å². The van der Waals surface area contributed by atoms with Gasteiger partial charge in [0.1, 0.15) is 0 Å². The van der Waals surface area contributed by atoms with E-state index in [1.807, 2.05) is 18.7 Å². The Hall–Kier alpha value is -1.10. The number of nitrogens with zero attached hydrogens (tertiary/aromatic N) is 1. The minimum Gasteiger partial charge on any atom is -0.469 e. The van der Waals surface area contributed by atoms with E-state index in [0.29, 0.717) is 19.7 Å². The van der Waals surface area contributed by atoms with Gasteiger partial charge in [-0.05, 0) is 25.7 Å². The fraction of sp³-hybridized carbons (Fsp3) is 0.889. The van der Waals surface area contributed by atoms with Crippen LogP contribution < -0.4 is 0 Å². The summed E-state index contributed by atoms with van der Waals surface area (Å²) >= 11 is 0. The predicted octanol–water partition coefficient (Wildman–Crippen LogP) is 3.27. The topological polar surface area (TPSA) is 55.8 Å². The summed E-state index contributed by atoms with van der Waals surface area (Å²) in [7, 11) is 1.38. The molecular weight excluding hydrogens is 294 g/mol. The van der Waals surface area contributed by atoms with Crippen LogP contribution in [0.3, 0.4) is 0 Å². The van der Waals surface area contributed by atoms with Crippen molar-refractivity contribution in [2.24, 2.45) is 11.8 Å². The van der Waals surface area contributed by atoms with Crippen LogP contribution in [0, 0.1) is 11.8 Å². The van der Waals surface area contributed by atoms with Crippen LogP contribution in [0.5, 0.6) is 0 Å². The largest absolute Gasteiger partial charge is 0.469 e. The molecule has 0 aliphatic heterocycles. The first-order chi connectivity index (χ1) is 11.0. The second-order valence-corrected chi connectivity index (χ2v) is 6.04. The third-order valence-corrected chi connectivity index (χ3v) is 4.10. The highest BCUT2D eigenvalue weighted by atomic mass is 16.5. The molecule has 0 aromatic heterocycles. The lowest BCUT2D eigenvalue weighted by Crippen LogP contribution is -2.41. The summed E-state index contributed by atoms with van der Waals surface area (Å²) in [6.07, 6.45) is 4.63. The molecule has 136 valence electrons. The Balaban J connectivity index is 4.54. The summed E-state index contributed by atoms with van der Waals surface area (Å²) in [6.45, 7) is 10.5. The molecule has 23 heavy (non-hydrogen) atoms. The Morgan fingerprint density at radius 3 is 2.17 bits per heavy atom. The number of esters is 1. The first kappa shape index (κ1) is 21.9. The van der Waals surface area contributed by atoms with Gasteiger partial charge in [0.15, 0.2) is 0 Å². The summed E-state index contributed by atoms with van der Waals surface area (Å²) in [5, 5.41) is 0. The number of methoxy groups -OCH3 is 1. The number of rotatable bonds is 13. The smallest absolute Gasteiger partial charge is 0.310 e. The third-order valence-electron chi connectivity index (χ3n) is 4.10. The molecule has 0 rings (SSSR count). The Bertz CT molecular complexity index is 329. The maximum atomic E-state index is 12.7. The molecule has 0 radical (unpaired) electrons. The lowest BCUT2D eigenvalue weighted by molar-refractivity contribution is -0.147. The molecular formula is C18H35NO4. The molecule has 0 saturated carbocycles. The summed E-state index contributed by atoms with van der Waals surface area (Å²) in [5.41, 5.74) is 0. The second kappa shape index (κ2) is 13.3. The molecule has 0 spiro atoms. The summed E-state index contributed by atoms with van der Waals surface area (Å²) in [4.78, 5) is 26.1. The van der Waals surface area contributed by atoms with Gasteiger partial charge in [-0.3, -0.25) is 9.59 Å². The molecule has 0 saturated heterocycles. The predicted molar refractivity (Wildman–Crippen MR) is 92.2 cm³/mol. The molecule has 0 bridgehead atoms. The van der Waals surface area contributed by atoms with E-state index in [1.165, 1.54) is 7.11 Å². The van der Waals surface area contributed by atoms with Crippen LogP contribution in [-0.2, 0) is 19.1 Å². The summed E-state index contributed by atoms with van der Waals surface area (Å²) in [6, 6.07) is 0. The number of amides is 1.